The fourth-order valence-corrected chi connectivity index (χ4v) is 1.76. The normalized spacial score (nSPS) is 10.3. The molecule has 0 aliphatic heterocycles. The molecule has 0 radical (unpaired) electrons. The smallest absolute Gasteiger partial charge is 0.302 e. The number of aryl methyl sites for hydroxylation is 2. The van der Waals surface area contributed by atoms with Crippen LogP contribution in [0.15, 0.2) is 41.3 Å². The summed E-state index contributed by atoms with van der Waals surface area (Å²) < 4.78 is 1.41. The molecule has 0 spiro atoms. The van der Waals surface area contributed by atoms with Crippen molar-refractivity contribution in [2.75, 3.05) is 0 Å². The zero-order valence-electron chi connectivity index (χ0n) is 10.4. The lowest BCUT2D eigenvalue weighted by molar-refractivity contribution is 0.0991. The zero-order chi connectivity index (χ0) is 13.1. The summed E-state index contributed by atoms with van der Waals surface area (Å²) >= 11 is 0. The molecule has 0 aliphatic rings. The zero-order valence-corrected chi connectivity index (χ0v) is 10.4. The molecule has 0 aliphatic carbocycles. The number of hydrogen-bond donors (Lipinski definition) is 0. The molecule has 2 aromatic rings. The minimum atomic E-state index is -0.337. The van der Waals surface area contributed by atoms with Gasteiger partial charge in [-0.3, -0.25) is 4.79 Å². The van der Waals surface area contributed by atoms with Gasteiger partial charge in [0.15, 0.2) is 5.78 Å². The van der Waals surface area contributed by atoms with Crippen molar-refractivity contribution in [3.05, 3.63) is 63.8 Å². The molecule has 0 saturated heterocycles. The van der Waals surface area contributed by atoms with Gasteiger partial charge in [0.25, 0.3) is 0 Å². The summed E-state index contributed by atoms with van der Waals surface area (Å²) in [6, 6.07) is 9.02. The Hall–Kier alpha value is -2.23. The number of ketones is 1. The van der Waals surface area contributed by atoms with Crippen LogP contribution in [0.3, 0.4) is 0 Å². The van der Waals surface area contributed by atoms with Gasteiger partial charge in [-0.1, -0.05) is 30.3 Å². The highest BCUT2D eigenvalue weighted by molar-refractivity contribution is 5.97. The van der Waals surface area contributed by atoms with Gasteiger partial charge in [0.1, 0.15) is 0 Å². The first kappa shape index (κ1) is 12.2. The maximum atomic E-state index is 12.0. The van der Waals surface area contributed by atoms with Gasteiger partial charge < -0.3 is 4.57 Å². The van der Waals surface area contributed by atoms with Gasteiger partial charge in [-0.25, -0.2) is 4.79 Å². The predicted octanol–water partition coefficient (Wildman–Crippen LogP) is 1.51. The van der Waals surface area contributed by atoms with Crippen molar-refractivity contribution in [2.24, 2.45) is 7.05 Å². The topological polar surface area (TPSA) is 52.0 Å². The Morgan fingerprint density at radius 1 is 1.28 bits per heavy atom. The summed E-state index contributed by atoms with van der Waals surface area (Å²) in [6.45, 7) is 1.85. The van der Waals surface area contributed by atoms with Crippen LogP contribution in [-0.2, 0) is 13.5 Å². The number of Topliss-reactive ketones (excluding diaryl/α,β-unsaturated/α-hetero) is 1. The lowest BCUT2D eigenvalue weighted by Gasteiger charge is -2.05. The van der Waals surface area contributed by atoms with E-state index in [0.717, 1.165) is 5.56 Å². The molecule has 2 rings (SSSR count). The highest BCUT2D eigenvalue weighted by atomic mass is 16.1. The van der Waals surface area contributed by atoms with Crippen LogP contribution >= 0.6 is 0 Å². The number of rotatable bonds is 3. The maximum Gasteiger partial charge on any atom is 0.347 e. The third kappa shape index (κ3) is 2.53. The number of nitrogens with zero attached hydrogens (tertiary/aromatic N) is 2. The molecule has 0 amide bonds. The summed E-state index contributed by atoms with van der Waals surface area (Å²) in [5, 5.41) is 0. The van der Waals surface area contributed by atoms with Gasteiger partial charge in [-0.15, -0.1) is 0 Å². The molecule has 92 valence electrons. The van der Waals surface area contributed by atoms with E-state index in [1.165, 1.54) is 4.57 Å². The van der Waals surface area contributed by atoms with Crippen LogP contribution < -0.4 is 5.69 Å². The minimum Gasteiger partial charge on any atom is -0.302 e. The molecule has 0 fully saturated rings. The standard InChI is InChI=1S/C14H14N2O2/c1-10-9-16(2)14(18)15-12(10)8-13(17)11-6-4-3-5-7-11/h3-7,9H,8H2,1-2H3. The molecule has 0 bridgehead atoms. The first-order valence-electron chi connectivity index (χ1n) is 5.69. The van der Waals surface area contributed by atoms with Gasteiger partial charge in [-0.05, 0) is 12.5 Å². The molecular formula is C14H14N2O2. The summed E-state index contributed by atoms with van der Waals surface area (Å²) in [6.07, 6.45) is 1.86. The lowest BCUT2D eigenvalue weighted by Crippen LogP contribution is -2.23. The molecule has 1 aromatic heterocycles. The summed E-state index contributed by atoms with van der Waals surface area (Å²) in [4.78, 5) is 27.4. The molecular weight excluding hydrogens is 228 g/mol. The van der Waals surface area contributed by atoms with Crippen molar-refractivity contribution >= 4 is 5.78 Å². The van der Waals surface area contributed by atoms with Gasteiger partial charge in [0.05, 0.1) is 12.1 Å². The number of carbonyl (C=O) groups excluding carboxylic acids is 1. The molecule has 4 nitrogen and oxygen atoms in total. The number of aromatic nitrogens is 2. The van der Waals surface area contributed by atoms with E-state index in [4.69, 9.17) is 0 Å². The molecule has 4 heteroatoms. The van der Waals surface area contributed by atoms with Crippen molar-refractivity contribution in [3.8, 4) is 0 Å². The molecule has 0 N–H and O–H groups in total. The van der Waals surface area contributed by atoms with Crippen molar-refractivity contribution in [2.45, 2.75) is 13.3 Å². The van der Waals surface area contributed by atoms with E-state index in [9.17, 15) is 9.59 Å². The van der Waals surface area contributed by atoms with E-state index in [2.05, 4.69) is 4.98 Å². The fraction of sp³-hybridized carbons (Fsp3) is 0.214. The Kier molecular flexibility index (Phi) is 3.37. The second-order valence-electron chi connectivity index (χ2n) is 4.23. The van der Waals surface area contributed by atoms with Crippen LogP contribution in [0, 0.1) is 6.92 Å². The molecule has 0 unspecified atom stereocenters. The summed E-state index contributed by atoms with van der Waals surface area (Å²) in [7, 11) is 1.64. The minimum absolute atomic E-state index is 0.0283. The van der Waals surface area contributed by atoms with E-state index in [0.29, 0.717) is 11.3 Å². The van der Waals surface area contributed by atoms with Crippen molar-refractivity contribution in [1.29, 1.82) is 0 Å². The quantitative estimate of drug-likeness (QED) is 0.767. The van der Waals surface area contributed by atoms with Crippen molar-refractivity contribution in [1.82, 2.24) is 9.55 Å². The Morgan fingerprint density at radius 3 is 2.61 bits per heavy atom. The molecule has 18 heavy (non-hydrogen) atoms. The second kappa shape index (κ2) is 4.96. The van der Waals surface area contributed by atoms with Crippen LogP contribution in [0.25, 0.3) is 0 Å². The van der Waals surface area contributed by atoms with Crippen LogP contribution in [-0.4, -0.2) is 15.3 Å². The van der Waals surface area contributed by atoms with Gasteiger partial charge in [0.2, 0.25) is 0 Å². The predicted molar refractivity (Wildman–Crippen MR) is 68.7 cm³/mol. The average Bonchev–Trinajstić information content (AvgIpc) is 2.37. The van der Waals surface area contributed by atoms with E-state index >= 15 is 0 Å². The Bertz CT molecular complexity index is 630. The molecule has 0 saturated carbocycles. The lowest BCUT2D eigenvalue weighted by atomic mass is 10.0. The monoisotopic (exact) mass is 242 g/mol. The first-order chi connectivity index (χ1) is 8.58. The van der Waals surface area contributed by atoms with Crippen molar-refractivity contribution in [3.63, 3.8) is 0 Å². The van der Waals surface area contributed by atoms with E-state index in [1.807, 2.05) is 25.1 Å². The molecule has 0 atom stereocenters. The third-order valence-electron chi connectivity index (χ3n) is 2.80. The SMILES string of the molecule is Cc1cn(C)c(=O)nc1CC(=O)c1ccccc1. The maximum absolute atomic E-state index is 12.0. The van der Waals surface area contributed by atoms with E-state index in [1.54, 1.807) is 25.4 Å². The van der Waals surface area contributed by atoms with E-state index in [-0.39, 0.29) is 17.9 Å². The van der Waals surface area contributed by atoms with Gasteiger partial charge in [-0.2, -0.15) is 4.98 Å². The largest absolute Gasteiger partial charge is 0.347 e. The van der Waals surface area contributed by atoms with E-state index < -0.39 is 0 Å². The van der Waals surface area contributed by atoms with Crippen LogP contribution in [0.4, 0.5) is 0 Å². The Balaban J connectivity index is 2.28. The number of benzene rings is 1. The highest BCUT2D eigenvalue weighted by Gasteiger charge is 2.10. The summed E-state index contributed by atoms with van der Waals surface area (Å²) in [5.74, 6) is -0.0283. The van der Waals surface area contributed by atoms with Gasteiger partial charge in [0, 0.05) is 18.8 Å². The highest BCUT2D eigenvalue weighted by Crippen LogP contribution is 2.07. The third-order valence-corrected chi connectivity index (χ3v) is 2.80. The van der Waals surface area contributed by atoms with Crippen molar-refractivity contribution < 1.29 is 4.79 Å². The first-order valence-corrected chi connectivity index (χ1v) is 5.69. The second-order valence-corrected chi connectivity index (χ2v) is 4.23. The fourth-order valence-electron chi connectivity index (χ4n) is 1.76. The average molecular weight is 242 g/mol. The van der Waals surface area contributed by atoms with Crippen LogP contribution in [0.2, 0.25) is 0 Å². The number of hydrogen-bond acceptors (Lipinski definition) is 3. The van der Waals surface area contributed by atoms with Crippen LogP contribution in [0.5, 0.6) is 0 Å². The molecule has 1 aromatic carbocycles. The number of carbonyl (C=O) groups is 1. The molecule has 1 heterocycles. The Morgan fingerprint density at radius 2 is 1.94 bits per heavy atom. The van der Waals surface area contributed by atoms with Crippen LogP contribution in [0.1, 0.15) is 21.6 Å². The summed E-state index contributed by atoms with van der Waals surface area (Å²) in [5.41, 5.74) is 1.70. The Labute approximate surface area is 105 Å². The van der Waals surface area contributed by atoms with Gasteiger partial charge >= 0.3 is 5.69 Å².